The Bertz CT molecular complexity index is 1450. The van der Waals surface area contributed by atoms with Crippen LogP contribution >= 0.6 is 0 Å². The lowest BCUT2D eigenvalue weighted by Gasteiger charge is -2.44. The summed E-state index contributed by atoms with van der Waals surface area (Å²) in [4.78, 5) is 20.5. The number of benzene rings is 1. The molecule has 1 N–H and O–H groups in total. The fourth-order valence-electron chi connectivity index (χ4n) is 4.30. The van der Waals surface area contributed by atoms with Crippen LogP contribution in [0.3, 0.4) is 0 Å². The SMILES string of the molecule is COc1cc(-c2cnc(C)n2C)ccc1Nc1ncc2cc(C)nc(N3CC(C)(C#N)C3)c2n1. The Hall–Kier alpha value is -4.19. The molecule has 4 aromatic rings. The first-order valence-corrected chi connectivity index (χ1v) is 11.0. The fourth-order valence-corrected chi connectivity index (χ4v) is 4.30. The maximum atomic E-state index is 9.39. The van der Waals surface area contributed by atoms with Gasteiger partial charge in [0.05, 0.1) is 36.2 Å². The van der Waals surface area contributed by atoms with E-state index in [9.17, 15) is 5.26 Å². The van der Waals surface area contributed by atoms with Crippen LogP contribution in [0.2, 0.25) is 0 Å². The molecule has 0 amide bonds. The van der Waals surface area contributed by atoms with E-state index in [0.29, 0.717) is 24.8 Å². The van der Waals surface area contributed by atoms with Crippen LogP contribution in [0, 0.1) is 30.6 Å². The number of nitrogens with zero attached hydrogens (tertiary/aromatic N) is 7. The third-order valence-corrected chi connectivity index (χ3v) is 6.29. The molecule has 0 saturated carbocycles. The van der Waals surface area contributed by atoms with Gasteiger partial charge in [0, 0.05) is 43.0 Å². The van der Waals surface area contributed by atoms with Gasteiger partial charge >= 0.3 is 0 Å². The number of nitrogens with one attached hydrogen (secondary N) is 1. The number of hydrogen-bond donors (Lipinski definition) is 1. The first kappa shape index (κ1) is 21.6. The van der Waals surface area contributed by atoms with Gasteiger partial charge in [-0.1, -0.05) is 6.07 Å². The zero-order valence-corrected chi connectivity index (χ0v) is 19.9. The third kappa shape index (κ3) is 3.67. The minimum absolute atomic E-state index is 0.354. The highest BCUT2D eigenvalue weighted by atomic mass is 16.5. The van der Waals surface area contributed by atoms with Crippen LogP contribution in [0.15, 0.2) is 36.7 Å². The number of fused-ring (bicyclic) bond motifs is 1. The second-order valence-electron chi connectivity index (χ2n) is 9.04. The molecule has 1 fully saturated rings. The minimum Gasteiger partial charge on any atom is -0.495 e. The van der Waals surface area contributed by atoms with Gasteiger partial charge in [-0.2, -0.15) is 5.26 Å². The number of ether oxygens (including phenoxy) is 1. The summed E-state index contributed by atoms with van der Waals surface area (Å²) in [5.41, 5.74) is 4.06. The summed E-state index contributed by atoms with van der Waals surface area (Å²) in [5, 5.41) is 13.6. The number of aryl methyl sites for hydroxylation is 2. The summed E-state index contributed by atoms with van der Waals surface area (Å²) in [7, 11) is 3.63. The molecule has 172 valence electrons. The molecule has 5 rings (SSSR count). The van der Waals surface area contributed by atoms with Gasteiger partial charge in [0.15, 0.2) is 5.82 Å². The van der Waals surface area contributed by atoms with Crippen molar-refractivity contribution < 1.29 is 4.74 Å². The summed E-state index contributed by atoms with van der Waals surface area (Å²) in [5.74, 6) is 2.85. The molecule has 0 radical (unpaired) electrons. The second kappa shape index (κ2) is 7.99. The van der Waals surface area contributed by atoms with E-state index in [1.807, 2.05) is 62.8 Å². The molecule has 1 aliphatic rings. The number of anilines is 3. The molecular formula is C25H26N8O. The Kier molecular flexibility index (Phi) is 5.09. The van der Waals surface area contributed by atoms with Gasteiger partial charge in [-0.3, -0.25) is 0 Å². The number of imidazole rings is 1. The number of hydrogen-bond acceptors (Lipinski definition) is 8. The van der Waals surface area contributed by atoms with Crippen LogP contribution < -0.4 is 15.0 Å². The standard InChI is InChI=1S/C25H26N8O/c1-15-8-18-10-28-24(31-22(18)23(29-15)33-13-25(3,12-26)14-33)30-19-7-6-17(9-21(19)34-5)20-11-27-16(2)32(20)4/h6-11H,13-14H2,1-5H3,(H,28,30,31). The average Bonchev–Trinajstić information content (AvgIpc) is 3.15. The lowest BCUT2D eigenvalue weighted by Crippen LogP contribution is -2.54. The molecule has 0 bridgehead atoms. The van der Waals surface area contributed by atoms with Crippen LogP contribution in [-0.4, -0.2) is 44.7 Å². The van der Waals surface area contributed by atoms with E-state index >= 15 is 0 Å². The van der Waals surface area contributed by atoms with Gasteiger partial charge < -0.3 is 19.5 Å². The minimum atomic E-state index is -0.354. The lowest BCUT2D eigenvalue weighted by molar-refractivity contribution is 0.335. The third-order valence-electron chi connectivity index (χ3n) is 6.29. The largest absolute Gasteiger partial charge is 0.495 e. The van der Waals surface area contributed by atoms with Crippen LogP contribution in [0.1, 0.15) is 18.4 Å². The van der Waals surface area contributed by atoms with Crippen LogP contribution in [0.25, 0.3) is 22.2 Å². The van der Waals surface area contributed by atoms with Gasteiger partial charge in [-0.05, 0) is 39.0 Å². The van der Waals surface area contributed by atoms with Crippen molar-refractivity contribution in [1.29, 1.82) is 5.26 Å². The number of pyridine rings is 1. The molecule has 3 aromatic heterocycles. The number of rotatable bonds is 5. The number of methoxy groups -OCH3 is 1. The second-order valence-corrected chi connectivity index (χ2v) is 9.04. The van der Waals surface area contributed by atoms with Crippen molar-refractivity contribution in [3.05, 3.63) is 48.2 Å². The summed E-state index contributed by atoms with van der Waals surface area (Å²) >= 11 is 0. The molecular weight excluding hydrogens is 428 g/mol. The zero-order valence-electron chi connectivity index (χ0n) is 19.9. The summed E-state index contributed by atoms with van der Waals surface area (Å²) in [6.07, 6.45) is 3.65. The fraction of sp³-hybridized carbons (Fsp3) is 0.320. The molecule has 1 saturated heterocycles. The Morgan fingerprint density at radius 1 is 1.12 bits per heavy atom. The molecule has 4 heterocycles. The van der Waals surface area contributed by atoms with Crippen molar-refractivity contribution in [3.63, 3.8) is 0 Å². The molecule has 0 aliphatic carbocycles. The molecule has 0 spiro atoms. The normalized spacial score (nSPS) is 14.5. The van der Waals surface area contributed by atoms with Gasteiger partial charge in [-0.25, -0.2) is 19.9 Å². The van der Waals surface area contributed by atoms with Crippen molar-refractivity contribution >= 4 is 28.4 Å². The molecule has 34 heavy (non-hydrogen) atoms. The predicted molar refractivity (Wildman–Crippen MR) is 131 cm³/mol. The van der Waals surface area contributed by atoms with E-state index in [1.165, 1.54) is 0 Å². The quantitative estimate of drug-likeness (QED) is 0.480. The van der Waals surface area contributed by atoms with Gasteiger partial charge in [0.1, 0.15) is 17.1 Å². The molecule has 9 heteroatoms. The molecule has 9 nitrogen and oxygen atoms in total. The predicted octanol–water partition coefficient (Wildman–Crippen LogP) is 4.14. The lowest BCUT2D eigenvalue weighted by atomic mass is 9.83. The molecule has 0 atom stereocenters. The Morgan fingerprint density at radius 3 is 2.59 bits per heavy atom. The van der Waals surface area contributed by atoms with Crippen molar-refractivity contribution in [2.45, 2.75) is 20.8 Å². The van der Waals surface area contributed by atoms with E-state index in [4.69, 9.17) is 14.7 Å². The molecule has 1 aromatic carbocycles. The Labute approximate surface area is 198 Å². The maximum absolute atomic E-state index is 9.39. The first-order valence-electron chi connectivity index (χ1n) is 11.0. The Balaban J connectivity index is 1.48. The van der Waals surface area contributed by atoms with Crippen molar-refractivity contribution in [2.75, 3.05) is 30.4 Å². The van der Waals surface area contributed by atoms with E-state index in [2.05, 4.69) is 26.3 Å². The van der Waals surface area contributed by atoms with Crippen LogP contribution in [0.4, 0.5) is 17.5 Å². The van der Waals surface area contributed by atoms with E-state index in [1.54, 1.807) is 13.3 Å². The molecule has 0 unspecified atom stereocenters. The van der Waals surface area contributed by atoms with Crippen LogP contribution in [0.5, 0.6) is 5.75 Å². The monoisotopic (exact) mass is 454 g/mol. The zero-order chi connectivity index (χ0) is 24.0. The summed E-state index contributed by atoms with van der Waals surface area (Å²) < 4.78 is 7.69. The molecule has 1 aliphatic heterocycles. The van der Waals surface area contributed by atoms with E-state index < -0.39 is 0 Å². The maximum Gasteiger partial charge on any atom is 0.227 e. The highest BCUT2D eigenvalue weighted by Crippen LogP contribution is 2.37. The number of aromatic nitrogens is 5. The van der Waals surface area contributed by atoms with Gasteiger partial charge in [-0.15, -0.1) is 0 Å². The first-order chi connectivity index (χ1) is 16.3. The topological polar surface area (TPSA) is 105 Å². The van der Waals surface area contributed by atoms with Crippen molar-refractivity contribution in [1.82, 2.24) is 24.5 Å². The summed E-state index contributed by atoms with van der Waals surface area (Å²) in [6, 6.07) is 10.3. The Morgan fingerprint density at radius 2 is 1.91 bits per heavy atom. The van der Waals surface area contributed by atoms with Gasteiger partial charge in [0.2, 0.25) is 5.95 Å². The number of nitriles is 1. The van der Waals surface area contributed by atoms with Crippen molar-refractivity contribution in [2.24, 2.45) is 12.5 Å². The summed E-state index contributed by atoms with van der Waals surface area (Å²) in [6.45, 7) is 7.15. The van der Waals surface area contributed by atoms with E-state index in [0.717, 1.165) is 45.2 Å². The smallest absolute Gasteiger partial charge is 0.227 e. The van der Waals surface area contributed by atoms with E-state index in [-0.39, 0.29) is 5.41 Å². The van der Waals surface area contributed by atoms with Crippen molar-refractivity contribution in [3.8, 4) is 23.1 Å². The van der Waals surface area contributed by atoms with Gasteiger partial charge in [0.25, 0.3) is 0 Å². The van der Waals surface area contributed by atoms with Crippen LogP contribution in [-0.2, 0) is 7.05 Å². The highest BCUT2D eigenvalue weighted by Gasteiger charge is 2.40. The highest BCUT2D eigenvalue weighted by molar-refractivity contribution is 5.90. The average molecular weight is 455 g/mol.